The van der Waals surface area contributed by atoms with Crippen molar-refractivity contribution in [2.24, 2.45) is 0 Å². The number of amides is 3. The zero-order valence-corrected chi connectivity index (χ0v) is 20.4. The lowest BCUT2D eigenvalue weighted by atomic mass is 10.0. The fourth-order valence-electron chi connectivity index (χ4n) is 4.91. The van der Waals surface area contributed by atoms with Crippen molar-refractivity contribution < 1.29 is 19.1 Å². The Morgan fingerprint density at radius 1 is 1.03 bits per heavy atom. The summed E-state index contributed by atoms with van der Waals surface area (Å²) in [6.45, 7) is 2.31. The van der Waals surface area contributed by atoms with Crippen molar-refractivity contribution in [2.75, 3.05) is 38.3 Å². The number of methoxy groups -OCH3 is 1. The van der Waals surface area contributed by atoms with E-state index >= 15 is 0 Å². The first kappa shape index (κ1) is 22.8. The number of carbonyl (C=O) groups is 2. The van der Waals surface area contributed by atoms with E-state index in [1.165, 1.54) is 0 Å². The van der Waals surface area contributed by atoms with Crippen LogP contribution in [0.3, 0.4) is 0 Å². The smallest absolute Gasteiger partial charge is 0.321 e. The van der Waals surface area contributed by atoms with Gasteiger partial charge in [-0.3, -0.25) is 14.7 Å². The number of carbonyl (C=O) groups excluding carboxylic acids is 2. The Bertz CT molecular complexity index is 1520. The van der Waals surface area contributed by atoms with Crippen molar-refractivity contribution in [3.63, 3.8) is 0 Å². The lowest BCUT2D eigenvalue weighted by Crippen LogP contribution is -2.33. The third kappa shape index (κ3) is 4.31. The highest BCUT2D eigenvalue weighted by molar-refractivity contribution is 5.98. The van der Waals surface area contributed by atoms with E-state index in [0.717, 1.165) is 27.6 Å². The Hall–Kier alpha value is -4.59. The molecule has 2 aliphatic rings. The van der Waals surface area contributed by atoms with Crippen LogP contribution in [0.5, 0.6) is 11.5 Å². The molecule has 8 nitrogen and oxygen atoms in total. The van der Waals surface area contributed by atoms with E-state index in [-0.39, 0.29) is 11.9 Å². The molecule has 4 aromatic rings. The van der Waals surface area contributed by atoms with Gasteiger partial charge in [-0.05, 0) is 48.0 Å². The molecule has 0 radical (unpaired) electrons. The first-order chi connectivity index (χ1) is 18.1. The second-order valence-electron chi connectivity index (χ2n) is 9.09. The molecule has 3 heterocycles. The number of pyridine rings is 1. The average Bonchev–Trinajstić information content (AvgIpc) is 3.25. The second-order valence-corrected chi connectivity index (χ2v) is 9.09. The van der Waals surface area contributed by atoms with Crippen LogP contribution >= 0.6 is 0 Å². The van der Waals surface area contributed by atoms with Gasteiger partial charge < -0.3 is 19.7 Å². The van der Waals surface area contributed by atoms with Crippen molar-refractivity contribution in [3.05, 3.63) is 84.1 Å². The van der Waals surface area contributed by atoms with E-state index in [4.69, 9.17) is 9.47 Å². The van der Waals surface area contributed by atoms with Crippen LogP contribution in [-0.2, 0) is 6.54 Å². The summed E-state index contributed by atoms with van der Waals surface area (Å²) in [4.78, 5) is 33.7. The van der Waals surface area contributed by atoms with E-state index in [1.54, 1.807) is 29.0 Å². The van der Waals surface area contributed by atoms with Crippen LogP contribution in [0, 0.1) is 0 Å². The third-order valence-corrected chi connectivity index (χ3v) is 6.79. The molecule has 3 amide bonds. The highest BCUT2D eigenvalue weighted by Crippen LogP contribution is 2.39. The molecule has 0 bridgehead atoms. The minimum atomic E-state index is -0.149. The van der Waals surface area contributed by atoms with Gasteiger partial charge in [0.1, 0.15) is 6.61 Å². The molecule has 1 N–H and O–H groups in total. The molecule has 2 aliphatic heterocycles. The summed E-state index contributed by atoms with van der Waals surface area (Å²) in [5.74, 6) is 1.16. The lowest BCUT2D eigenvalue weighted by Gasteiger charge is -2.21. The molecule has 0 aliphatic carbocycles. The Balaban J connectivity index is 1.33. The summed E-state index contributed by atoms with van der Waals surface area (Å²) in [6.07, 6.45) is 1.85. The summed E-state index contributed by atoms with van der Waals surface area (Å²) >= 11 is 0. The van der Waals surface area contributed by atoms with Gasteiger partial charge >= 0.3 is 6.03 Å². The number of nitrogens with one attached hydrogen (secondary N) is 1. The number of aromatic nitrogens is 1. The lowest BCUT2D eigenvalue weighted by molar-refractivity contribution is 0.0733. The van der Waals surface area contributed by atoms with Crippen LogP contribution in [-0.4, -0.2) is 55.2 Å². The maximum atomic E-state index is 13.6. The minimum absolute atomic E-state index is 0.116. The average molecular weight is 495 g/mol. The minimum Gasteiger partial charge on any atom is -0.493 e. The van der Waals surface area contributed by atoms with Crippen molar-refractivity contribution in [1.29, 1.82) is 0 Å². The predicted molar refractivity (Wildman–Crippen MR) is 141 cm³/mol. The third-order valence-electron chi connectivity index (χ3n) is 6.79. The van der Waals surface area contributed by atoms with Crippen LogP contribution in [0.4, 0.5) is 10.5 Å². The number of fused-ring (bicyclic) bond motifs is 2. The zero-order chi connectivity index (χ0) is 25.4. The van der Waals surface area contributed by atoms with E-state index < -0.39 is 0 Å². The SMILES string of the molecule is COc1cc(-c2cnc3ccccc3c2)cc2c1OCCN(C(=O)c1cccc(N3CCNC3=O)c1)C2. The molecule has 8 heteroatoms. The number of rotatable bonds is 4. The summed E-state index contributed by atoms with van der Waals surface area (Å²) in [6, 6.07) is 21.1. The topological polar surface area (TPSA) is 84.0 Å². The maximum Gasteiger partial charge on any atom is 0.321 e. The van der Waals surface area contributed by atoms with Gasteiger partial charge in [-0.1, -0.05) is 24.3 Å². The number of ether oxygens (including phenoxy) is 2. The molecular formula is C29H26N4O4. The van der Waals surface area contributed by atoms with E-state index in [1.807, 2.05) is 54.7 Å². The van der Waals surface area contributed by atoms with Crippen molar-refractivity contribution in [3.8, 4) is 22.6 Å². The van der Waals surface area contributed by atoms with Crippen molar-refractivity contribution in [2.45, 2.75) is 6.54 Å². The van der Waals surface area contributed by atoms with E-state index in [2.05, 4.69) is 16.4 Å². The zero-order valence-electron chi connectivity index (χ0n) is 20.4. The Kier molecular flexibility index (Phi) is 5.84. The predicted octanol–water partition coefficient (Wildman–Crippen LogP) is 4.47. The number of nitrogens with zero attached hydrogens (tertiary/aromatic N) is 3. The van der Waals surface area contributed by atoms with Crippen LogP contribution < -0.4 is 19.7 Å². The monoisotopic (exact) mass is 494 g/mol. The van der Waals surface area contributed by atoms with E-state index in [9.17, 15) is 9.59 Å². The standard InChI is InChI=1S/C29H26N4O4/c1-36-26-16-21(22-13-19-5-2-3-8-25(19)31-17-22)14-23-18-32(11-12-37-27(23)26)28(34)20-6-4-7-24(15-20)33-10-9-30-29(33)35/h2-8,13-17H,9-12,18H2,1H3,(H,30,35). The Labute approximate surface area is 214 Å². The van der Waals surface area contributed by atoms with E-state index in [0.29, 0.717) is 55.5 Å². The second kappa shape index (κ2) is 9.46. The first-order valence-corrected chi connectivity index (χ1v) is 12.2. The molecule has 1 aromatic heterocycles. The maximum absolute atomic E-state index is 13.6. The van der Waals surface area contributed by atoms with Gasteiger partial charge in [-0.15, -0.1) is 0 Å². The Morgan fingerprint density at radius 2 is 1.92 bits per heavy atom. The van der Waals surface area contributed by atoms with Gasteiger partial charge in [0.05, 0.1) is 19.2 Å². The molecule has 3 aromatic carbocycles. The Morgan fingerprint density at radius 3 is 2.76 bits per heavy atom. The van der Waals surface area contributed by atoms with Gasteiger partial charge in [0.15, 0.2) is 11.5 Å². The molecule has 6 rings (SSSR count). The summed E-state index contributed by atoms with van der Waals surface area (Å²) < 4.78 is 11.8. The molecule has 0 saturated carbocycles. The summed E-state index contributed by atoms with van der Waals surface area (Å²) in [7, 11) is 1.62. The highest BCUT2D eigenvalue weighted by Gasteiger charge is 2.26. The molecule has 37 heavy (non-hydrogen) atoms. The number of urea groups is 1. The molecule has 1 fully saturated rings. The molecule has 0 unspecified atom stereocenters. The fourth-order valence-corrected chi connectivity index (χ4v) is 4.91. The van der Waals surface area contributed by atoms with Gasteiger partial charge in [0.25, 0.3) is 5.91 Å². The van der Waals surface area contributed by atoms with Gasteiger partial charge in [0.2, 0.25) is 0 Å². The fraction of sp³-hybridized carbons (Fsp3) is 0.207. The number of hydrogen-bond acceptors (Lipinski definition) is 5. The molecule has 1 saturated heterocycles. The first-order valence-electron chi connectivity index (χ1n) is 12.2. The quantitative estimate of drug-likeness (QED) is 0.453. The molecule has 0 spiro atoms. The number of para-hydroxylation sites is 1. The number of anilines is 1. The highest BCUT2D eigenvalue weighted by atomic mass is 16.5. The van der Waals surface area contributed by atoms with Gasteiger partial charge in [-0.25, -0.2) is 4.79 Å². The van der Waals surface area contributed by atoms with Crippen LogP contribution in [0.15, 0.2) is 72.9 Å². The summed E-state index contributed by atoms with van der Waals surface area (Å²) in [5.41, 5.74) is 4.93. The molecule has 186 valence electrons. The van der Waals surface area contributed by atoms with Crippen molar-refractivity contribution in [1.82, 2.24) is 15.2 Å². The van der Waals surface area contributed by atoms with Crippen LogP contribution in [0.1, 0.15) is 15.9 Å². The largest absolute Gasteiger partial charge is 0.493 e. The normalized spacial score (nSPS) is 15.1. The van der Waals surface area contributed by atoms with Gasteiger partial charge in [0, 0.05) is 53.6 Å². The number of hydrogen-bond donors (Lipinski definition) is 1. The van der Waals surface area contributed by atoms with Gasteiger partial charge in [-0.2, -0.15) is 0 Å². The number of benzene rings is 3. The van der Waals surface area contributed by atoms with Crippen LogP contribution in [0.2, 0.25) is 0 Å². The molecule has 0 atom stereocenters. The van der Waals surface area contributed by atoms with Crippen molar-refractivity contribution >= 4 is 28.5 Å². The molecular weight excluding hydrogens is 468 g/mol. The van der Waals surface area contributed by atoms with Crippen LogP contribution in [0.25, 0.3) is 22.0 Å². The summed E-state index contributed by atoms with van der Waals surface area (Å²) in [5, 5.41) is 3.85.